The van der Waals surface area contributed by atoms with Gasteiger partial charge in [-0.3, -0.25) is 9.59 Å². The molecule has 0 bridgehead atoms. The molecule has 0 radical (unpaired) electrons. The van der Waals surface area contributed by atoms with Crippen molar-refractivity contribution in [3.05, 3.63) is 0 Å². The summed E-state index contributed by atoms with van der Waals surface area (Å²) in [5.74, 6) is 0.00344. The fraction of sp³-hybridized carbons (Fsp3) is 0.975. The van der Waals surface area contributed by atoms with Gasteiger partial charge >= 0.3 is 5.97 Å². The standard InChI is InChI=1S/C81H161NO5/c1-3-5-7-9-11-13-15-17-19-21-38-43-47-51-55-59-63-67-71-75-81(86)87-76-72-68-64-60-56-52-48-44-40-37-35-33-31-29-27-25-23-24-26-28-30-32-34-36-39-42-46-50-54-58-62-66-70-74-80(85)82-78(77-83)79(84)73-69-65-61-57-53-49-45-41-22-20-18-16-14-12-10-8-6-4-2/h78-79,83-84H,3-77H2,1-2H3,(H,82,85). The van der Waals surface area contributed by atoms with Crippen LogP contribution in [0.4, 0.5) is 0 Å². The molecule has 6 heteroatoms. The summed E-state index contributed by atoms with van der Waals surface area (Å²) in [4.78, 5) is 24.7. The van der Waals surface area contributed by atoms with Gasteiger partial charge in [0.1, 0.15) is 0 Å². The zero-order valence-electron chi connectivity index (χ0n) is 59.8. The molecule has 0 aromatic rings. The number of ether oxygens (including phenoxy) is 1. The van der Waals surface area contributed by atoms with Crippen molar-refractivity contribution in [1.82, 2.24) is 5.32 Å². The Morgan fingerprint density at radius 1 is 0.276 bits per heavy atom. The SMILES string of the molecule is CCCCCCCCCCCCCCCCCCCCCC(=O)OCCCCCCCCCCCCCCCCCCCCCCCCCCCCCCCCCCCC(=O)NC(CO)C(O)CCCCCCCCCCCCCCCCCCCC. The molecule has 0 aromatic carbocycles. The zero-order valence-corrected chi connectivity index (χ0v) is 59.8. The van der Waals surface area contributed by atoms with Gasteiger partial charge in [-0.1, -0.05) is 444 Å². The monoisotopic (exact) mass is 1230 g/mol. The molecule has 0 spiro atoms. The summed E-state index contributed by atoms with van der Waals surface area (Å²) in [6.45, 7) is 5.02. The van der Waals surface area contributed by atoms with Crippen molar-refractivity contribution >= 4 is 11.9 Å². The fourth-order valence-corrected chi connectivity index (χ4v) is 13.5. The van der Waals surface area contributed by atoms with Crippen LogP contribution in [0, 0.1) is 0 Å². The van der Waals surface area contributed by atoms with Gasteiger partial charge in [0.2, 0.25) is 5.91 Å². The van der Waals surface area contributed by atoms with Crippen LogP contribution in [0.5, 0.6) is 0 Å². The van der Waals surface area contributed by atoms with E-state index >= 15 is 0 Å². The van der Waals surface area contributed by atoms with E-state index in [2.05, 4.69) is 19.2 Å². The molecule has 0 aliphatic carbocycles. The van der Waals surface area contributed by atoms with Crippen LogP contribution in [0.3, 0.4) is 0 Å². The topological polar surface area (TPSA) is 95.9 Å². The average Bonchev–Trinajstić information content (AvgIpc) is 3.59. The van der Waals surface area contributed by atoms with Gasteiger partial charge < -0.3 is 20.3 Å². The summed E-state index contributed by atoms with van der Waals surface area (Å²) in [5.41, 5.74) is 0. The summed E-state index contributed by atoms with van der Waals surface area (Å²) in [6, 6.07) is -0.537. The number of rotatable bonds is 78. The second-order valence-corrected chi connectivity index (χ2v) is 28.5. The van der Waals surface area contributed by atoms with Gasteiger partial charge in [0.15, 0.2) is 0 Å². The number of amides is 1. The summed E-state index contributed by atoms with van der Waals surface area (Å²) >= 11 is 0. The minimum atomic E-state index is -0.660. The quantitative estimate of drug-likeness (QED) is 0.0417. The van der Waals surface area contributed by atoms with E-state index in [9.17, 15) is 19.8 Å². The Hall–Kier alpha value is -1.14. The number of aliphatic hydroxyl groups is 2. The first-order valence-electron chi connectivity index (χ1n) is 40.8. The summed E-state index contributed by atoms with van der Waals surface area (Å²) in [6.07, 6.45) is 96.4. The van der Waals surface area contributed by atoms with Crippen molar-refractivity contribution in [2.75, 3.05) is 13.2 Å². The number of carbonyl (C=O) groups is 2. The van der Waals surface area contributed by atoms with E-state index in [0.717, 1.165) is 38.5 Å². The average molecular weight is 1230 g/mol. The van der Waals surface area contributed by atoms with Crippen LogP contribution in [0.25, 0.3) is 0 Å². The van der Waals surface area contributed by atoms with Crippen molar-refractivity contribution in [2.24, 2.45) is 0 Å². The van der Waals surface area contributed by atoms with Gasteiger partial charge in [-0.05, 0) is 25.7 Å². The van der Waals surface area contributed by atoms with E-state index in [1.807, 2.05) is 0 Å². The molecule has 3 N–H and O–H groups in total. The molecule has 0 aromatic heterocycles. The van der Waals surface area contributed by atoms with E-state index in [0.29, 0.717) is 25.9 Å². The molecule has 0 saturated heterocycles. The minimum Gasteiger partial charge on any atom is -0.466 e. The van der Waals surface area contributed by atoms with Crippen LogP contribution < -0.4 is 5.32 Å². The summed E-state index contributed by atoms with van der Waals surface area (Å²) < 4.78 is 5.53. The molecular formula is C81H161NO5. The highest BCUT2D eigenvalue weighted by Gasteiger charge is 2.20. The van der Waals surface area contributed by atoms with Crippen LogP contribution in [0.2, 0.25) is 0 Å². The third-order valence-corrected chi connectivity index (χ3v) is 19.7. The Kier molecular flexibility index (Phi) is 76.3. The number of esters is 1. The molecule has 0 rings (SSSR count). The lowest BCUT2D eigenvalue weighted by atomic mass is 10.0. The second kappa shape index (κ2) is 77.3. The van der Waals surface area contributed by atoms with Crippen LogP contribution in [-0.2, 0) is 14.3 Å². The maximum Gasteiger partial charge on any atom is 0.305 e. The first-order chi connectivity index (χ1) is 43.0. The smallest absolute Gasteiger partial charge is 0.305 e. The van der Waals surface area contributed by atoms with Crippen molar-refractivity contribution in [3.63, 3.8) is 0 Å². The molecule has 6 nitrogen and oxygen atoms in total. The molecule has 520 valence electrons. The zero-order chi connectivity index (χ0) is 62.8. The highest BCUT2D eigenvalue weighted by Crippen LogP contribution is 2.21. The minimum absolute atomic E-state index is 0.0247. The number of aliphatic hydroxyl groups excluding tert-OH is 2. The van der Waals surface area contributed by atoms with Crippen LogP contribution in [-0.4, -0.2) is 47.4 Å². The molecule has 0 fully saturated rings. The molecule has 87 heavy (non-hydrogen) atoms. The van der Waals surface area contributed by atoms with E-state index in [-0.39, 0.29) is 18.5 Å². The van der Waals surface area contributed by atoms with E-state index < -0.39 is 12.1 Å². The maximum absolute atomic E-state index is 12.6. The molecule has 0 saturated carbocycles. The molecule has 1 amide bonds. The van der Waals surface area contributed by atoms with Crippen LogP contribution in [0.1, 0.15) is 483 Å². The lowest BCUT2D eigenvalue weighted by Gasteiger charge is -2.22. The number of hydrogen-bond donors (Lipinski definition) is 3. The second-order valence-electron chi connectivity index (χ2n) is 28.5. The van der Waals surface area contributed by atoms with Gasteiger partial charge in [0.25, 0.3) is 0 Å². The lowest BCUT2D eigenvalue weighted by molar-refractivity contribution is -0.143. The predicted octanol–water partition coefficient (Wildman–Crippen LogP) is 26.9. The Balaban J connectivity index is 3.29. The number of hydrogen-bond acceptors (Lipinski definition) is 5. The first-order valence-corrected chi connectivity index (χ1v) is 40.8. The van der Waals surface area contributed by atoms with Gasteiger partial charge in [0.05, 0.1) is 25.4 Å². The number of nitrogens with one attached hydrogen (secondary N) is 1. The van der Waals surface area contributed by atoms with Gasteiger partial charge in [-0.15, -0.1) is 0 Å². The van der Waals surface area contributed by atoms with Crippen molar-refractivity contribution < 1.29 is 24.5 Å². The Morgan fingerprint density at radius 3 is 0.701 bits per heavy atom. The molecule has 2 unspecified atom stereocenters. The van der Waals surface area contributed by atoms with Gasteiger partial charge in [-0.25, -0.2) is 0 Å². The molecule has 0 aliphatic heterocycles. The van der Waals surface area contributed by atoms with Crippen LogP contribution in [0.15, 0.2) is 0 Å². The summed E-state index contributed by atoms with van der Waals surface area (Å²) in [5, 5.41) is 23.4. The first kappa shape index (κ1) is 85.9. The lowest BCUT2D eigenvalue weighted by Crippen LogP contribution is -2.45. The third kappa shape index (κ3) is 73.8. The van der Waals surface area contributed by atoms with E-state index in [1.165, 1.54) is 411 Å². The van der Waals surface area contributed by atoms with Gasteiger partial charge in [0, 0.05) is 12.8 Å². The Morgan fingerprint density at radius 2 is 0.471 bits per heavy atom. The van der Waals surface area contributed by atoms with E-state index in [4.69, 9.17) is 4.74 Å². The van der Waals surface area contributed by atoms with Crippen molar-refractivity contribution in [1.29, 1.82) is 0 Å². The normalized spacial score (nSPS) is 12.4. The highest BCUT2D eigenvalue weighted by atomic mass is 16.5. The largest absolute Gasteiger partial charge is 0.466 e. The highest BCUT2D eigenvalue weighted by molar-refractivity contribution is 5.76. The Labute approximate surface area is 547 Å². The van der Waals surface area contributed by atoms with Gasteiger partial charge in [-0.2, -0.15) is 0 Å². The van der Waals surface area contributed by atoms with Crippen LogP contribution >= 0.6 is 0 Å². The van der Waals surface area contributed by atoms with Crippen molar-refractivity contribution in [2.45, 2.75) is 495 Å². The molecule has 2 atom stereocenters. The molecule has 0 aliphatic rings. The maximum atomic E-state index is 12.6. The predicted molar refractivity (Wildman–Crippen MR) is 384 cm³/mol. The Bertz CT molecular complexity index is 1280. The number of carbonyl (C=O) groups excluding carboxylic acids is 2. The molecular weight excluding hydrogens is 1070 g/mol. The fourth-order valence-electron chi connectivity index (χ4n) is 13.5. The number of unbranched alkanes of at least 4 members (excludes halogenated alkanes) is 67. The molecule has 0 heterocycles. The van der Waals surface area contributed by atoms with E-state index in [1.54, 1.807) is 0 Å². The summed E-state index contributed by atoms with van der Waals surface area (Å²) in [7, 11) is 0. The van der Waals surface area contributed by atoms with Crippen molar-refractivity contribution in [3.8, 4) is 0 Å². The third-order valence-electron chi connectivity index (χ3n) is 19.7.